The number of carbonyl (C=O) groups is 4. The monoisotopic (exact) mass is 632 g/mol. The Balaban J connectivity index is 1.97. The maximum Gasteiger partial charge on any atom is 0.471 e. The third-order valence-electron chi connectivity index (χ3n) is 7.79. The SMILES string of the molecule is CC(C)(C)[C@@H](NC(=O)C(F)(F)F)C(=O)N1C[C@@H]2CC(F)(F)C[C@@H]2[C@H]1C(=O)N[C@H](/C=C(/F)S(C)(=O)=O)C[C@@H]1CCNC1=O. The smallest absolute Gasteiger partial charge is 0.356 e. The van der Waals surface area contributed by atoms with Gasteiger partial charge in [-0.2, -0.15) is 17.6 Å². The Kier molecular flexibility index (Phi) is 9.36. The second kappa shape index (κ2) is 11.7. The molecule has 0 aromatic carbocycles. The predicted octanol–water partition coefficient (Wildman–Crippen LogP) is 1.82. The molecule has 1 aliphatic carbocycles. The van der Waals surface area contributed by atoms with Crippen LogP contribution in [0.3, 0.4) is 0 Å². The van der Waals surface area contributed by atoms with E-state index in [-0.39, 0.29) is 19.4 Å². The topological polar surface area (TPSA) is 142 Å². The van der Waals surface area contributed by atoms with Crippen molar-refractivity contribution in [3.63, 3.8) is 0 Å². The summed E-state index contributed by atoms with van der Waals surface area (Å²) in [7, 11) is -4.36. The fourth-order valence-corrected chi connectivity index (χ4v) is 6.19. The molecule has 238 valence electrons. The Morgan fingerprint density at radius 3 is 2.26 bits per heavy atom. The first-order valence-electron chi connectivity index (χ1n) is 13.2. The van der Waals surface area contributed by atoms with Crippen LogP contribution in [-0.2, 0) is 29.0 Å². The van der Waals surface area contributed by atoms with Gasteiger partial charge in [-0.3, -0.25) is 19.2 Å². The van der Waals surface area contributed by atoms with E-state index in [4.69, 9.17) is 0 Å². The molecule has 3 fully saturated rings. The lowest BCUT2D eigenvalue weighted by Gasteiger charge is -2.37. The van der Waals surface area contributed by atoms with Crippen molar-refractivity contribution in [3.8, 4) is 0 Å². The predicted molar refractivity (Wildman–Crippen MR) is 136 cm³/mol. The highest BCUT2D eigenvalue weighted by Gasteiger charge is 2.59. The summed E-state index contributed by atoms with van der Waals surface area (Å²) >= 11 is 0. The highest BCUT2D eigenvalue weighted by molar-refractivity contribution is 7.94. The average Bonchev–Trinajstić information content (AvgIpc) is 3.45. The van der Waals surface area contributed by atoms with E-state index in [2.05, 4.69) is 10.6 Å². The van der Waals surface area contributed by atoms with Gasteiger partial charge in [0.1, 0.15) is 12.1 Å². The number of nitrogens with zero attached hydrogens (tertiary/aromatic N) is 1. The number of carbonyl (C=O) groups excluding carboxylic acids is 4. The van der Waals surface area contributed by atoms with Gasteiger partial charge in [-0.1, -0.05) is 20.8 Å². The van der Waals surface area contributed by atoms with Crippen LogP contribution in [0, 0.1) is 23.2 Å². The van der Waals surface area contributed by atoms with Crippen LogP contribution in [0.4, 0.5) is 26.3 Å². The van der Waals surface area contributed by atoms with Gasteiger partial charge in [0.2, 0.25) is 38.6 Å². The van der Waals surface area contributed by atoms with Crippen molar-refractivity contribution in [2.45, 2.75) is 76.7 Å². The van der Waals surface area contributed by atoms with E-state index < -0.39 is 111 Å². The minimum absolute atomic E-state index is 0.252. The third-order valence-corrected chi connectivity index (χ3v) is 8.63. The van der Waals surface area contributed by atoms with Crippen molar-refractivity contribution < 1.29 is 53.9 Å². The number of hydrogen-bond acceptors (Lipinski definition) is 6. The number of halogens is 6. The summed E-state index contributed by atoms with van der Waals surface area (Å²) in [5.41, 5.74) is -1.31. The quantitative estimate of drug-likeness (QED) is 0.349. The molecular formula is C25H34F6N4O6S. The molecule has 4 amide bonds. The Morgan fingerprint density at radius 2 is 1.76 bits per heavy atom. The number of alkyl halides is 5. The molecule has 0 radical (unpaired) electrons. The molecule has 3 rings (SSSR count). The van der Waals surface area contributed by atoms with Crippen LogP contribution >= 0.6 is 0 Å². The van der Waals surface area contributed by atoms with Crippen LogP contribution in [0.5, 0.6) is 0 Å². The number of rotatable bonds is 8. The molecule has 0 aromatic heterocycles. The van der Waals surface area contributed by atoms with Gasteiger partial charge < -0.3 is 20.9 Å². The first-order valence-corrected chi connectivity index (χ1v) is 15.1. The molecule has 0 spiro atoms. The van der Waals surface area contributed by atoms with Crippen LogP contribution in [0.25, 0.3) is 0 Å². The van der Waals surface area contributed by atoms with Crippen molar-refractivity contribution in [1.82, 2.24) is 20.9 Å². The second-order valence-corrected chi connectivity index (χ2v) is 14.2. The number of fused-ring (bicyclic) bond motifs is 1. The third kappa shape index (κ3) is 7.75. The fourth-order valence-electron chi connectivity index (χ4n) is 5.78. The lowest BCUT2D eigenvalue weighted by Crippen LogP contribution is -2.60. The molecule has 3 aliphatic rings. The van der Waals surface area contributed by atoms with Gasteiger partial charge >= 0.3 is 12.1 Å². The molecule has 3 N–H and O–H groups in total. The van der Waals surface area contributed by atoms with Gasteiger partial charge in [-0.25, -0.2) is 17.2 Å². The molecule has 2 saturated heterocycles. The van der Waals surface area contributed by atoms with E-state index in [0.29, 0.717) is 12.3 Å². The maximum atomic E-state index is 14.5. The highest BCUT2D eigenvalue weighted by Crippen LogP contribution is 2.50. The standard InChI is InChI=1S/C25H34F6N4O6S/c1-23(2,3)18(34-22(39)25(29,30)31)21(38)35-11-13-9-24(27,28)10-15(13)17(35)20(37)33-14(8-16(26)42(4,40)41)7-12-5-6-32-19(12)36/h8,12-15,17-18H,5-7,9-11H2,1-4H3,(H,32,36)(H,33,37)(H,34,39)/b16-8-/t12-,13-,14-,15-,17-,18-/m0/s1. The van der Waals surface area contributed by atoms with Gasteiger partial charge in [-0.15, -0.1) is 0 Å². The van der Waals surface area contributed by atoms with E-state index in [1.165, 1.54) is 20.8 Å². The lowest BCUT2D eigenvalue weighted by molar-refractivity contribution is -0.176. The zero-order valence-corrected chi connectivity index (χ0v) is 24.2. The summed E-state index contributed by atoms with van der Waals surface area (Å²) in [6.45, 7) is 3.97. The van der Waals surface area contributed by atoms with Crippen molar-refractivity contribution in [3.05, 3.63) is 11.2 Å². The van der Waals surface area contributed by atoms with Crippen molar-refractivity contribution in [1.29, 1.82) is 0 Å². The highest BCUT2D eigenvalue weighted by atomic mass is 32.2. The minimum atomic E-state index is -5.33. The first kappa shape index (κ1) is 33.6. The summed E-state index contributed by atoms with van der Waals surface area (Å²) in [5, 5.41) is 4.95. The summed E-state index contributed by atoms with van der Waals surface area (Å²) < 4.78 is 106. The van der Waals surface area contributed by atoms with Crippen LogP contribution in [0.1, 0.15) is 46.5 Å². The fraction of sp³-hybridized carbons (Fsp3) is 0.760. The summed E-state index contributed by atoms with van der Waals surface area (Å²) in [6, 6.07) is -4.87. The molecule has 6 atom stereocenters. The summed E-state index contributed by atoms with van der Waals surface area (Å²) in [4.78, 5) is 52.0. The average molecular weight is 633 g/mol. The van der Waals surface area contributed by atoms with Gasteiger partial charge in [0.25, 0.3) is 0 Å². The van der Waals surface area contributed by atoms with Crippen molar-refractivity contribution in [2.24, 2.45) is 23.2 Å². The largest absolute Gasteiger partial charge is 0.471 e. The van der Waals surface area contributed by atoms with Crippen LogP contribution in [0.2, 0.25) is 0 Å². The zero-order chi connectivity index (χ0) is 32.0. The van der Waals surface area contributed by atoms with Gasteiger partial charge in [0.05, 0.1) is 6.04 Å². The van der Waals surface area contributed by atoms with E-state index in [1.54, 1.807) is 5.32 Å². The summed E-state index contributed by atoms with van der Waals surface area (Å²) in [6.07, 6.45) is -5.67. The number of nitrogens with one attached hydrogen (secondary N) is 3. The van der Waals surface area contributed by atoms with Crippen LogP contribution in [-0.4, -0.2) is 86.5 Å². The Bertz CT molecular complexity index is 1250. The Morgan fingerprint density at radius 1 is 1.14 bits per heavy atom. The van der Waals surface area contributed by atoms with Crippen LogP contribution < -0.4 is 16.0 Å². The molecule has 10 nitrogen and oxygen atoms in total. The van der Waals surface area contributed by atoms with E-state index in [0.717, 1.165) is 4.90 Å². The lowest BCUT2D eigenvalue weighted by atomic mass is 9.85. The van der Waals surface area contributed by atoms with Gasteiger partial charge in [0, 0.05) is 38.1 Å². The Labute approximate surface area is 238 Å². The van der Waals surface area contributed by atoms with Crippen molar-refractivity contribution in [2.75, 3.05) is 19.3 Å². The minimum Gasteiger partial charge on any atom is -0.356 e. The molecule has 2 aliphatic heterocycles. The number of sulfone groups is 1. The normalized spacial score (nSPS) is 27.7. The molecular weight excluding hydrogens is 598 g/mol. The zero-order valence-electron chi connectivity index (χ0n) is 23.4. The number of hydrogen-bond donors (Lipinski definition) is 3. The van der Waals surface area contributed by atoms with E-state index in [9.17, 15) is 53.9 Å². The molecule has 0 bridgehead atoms. The van der Waals surface area contributed by atoms with E-state index >= 15 is 0 Å². The molecule has 2 heterocycles. The Hall–Kier alpha value is -2.85. The molecule has 0 aromatic rings. The number of likely N-dealkylation sites (tertiary alicyclic amines) is 1. The first-order chi connectivity index (χ1) is 19.0. The summed E-state index contributed by atoms with van der Waals surface area (Å²) in [5.74, 6) is -11.0. The second-order valence-electron chi connectivity index (χ2n) is 12.3. The van der Waals surface area contributed by atoms with Crippen molar-refractivity contribution >= 4 is 33.5 Å². The van der Waals surface area contributed by atoms with Gasteiger partial charge in [0.15, 0.2) is 0 Å². The molecule has 42 heavy (non-hydrogen) atoms. The molecule has 17 heteroatoms. The maximum absolute atomic E-state index is 14.5. The molecule has 1 saturated carbocycles. The molecule has 0 unspecified atom stereocenters. The van der Waals surface area contributed by atoms with Gasteiger partial charge in [-0.05, 0) is 36.2 Å². The van der Waals surface area contributed by atoms with E-state index in [1.807, 2.05) is 0 Å². The number of amides is 4. The van der Waals surface area contributed by atoms with Crippen LogP contribution in [0.15, 0.2) is 11.2 Å².